The lowest BCUT2D eigenvalue weighted by molar-refractivity contribution is -0.132. The predicted molar refractivity (Wildman–Crippen MR) is 77.9 cm³/mol. The Hall–Kier alpha value is -2.07. The number of likely N-dealkylation sites (N-methyl/N-ethyl adjacent to an activating group) is 1. The molecule has 0 bridgehead atoms. The molecule has 1 unspecified atom stereocenters. The maximum Gasteiger partial charge on any atom is 0.239 e. The second-order valence-electron chi connectivity index (χ2n) is 4.90. The van der Waals surface area contributed by atoms with Gasteiger partial charge in [0.15, 0.2) is 0 Å². The van der Waals surface area contributed by atoms with Crippen molar-refractivity contribution in [3.8, 4) is 0 Å². The van der Waals surface area contributed by atoms with Gasteiger partial charge in [0, 0.05) is 7.05 Å². The summed E-state index contributed by atoms with van der Waals surface area (Å²) in [7, 11) is 1.74. The van der Waals surface area contributed by atoms with Crippen molar-refractivity contribution in [1.82, 2.24) is 4.90 Å². The SMILES string of the molecule is CN(Cc1ccco1)C(=O)C(N)CCc1ccccc1. The van der Waals surface area contributed by atoms with E-state index >= 15 is 0 Å². The van der Waals surface area contributed by atoms with Gasteiger partial charge in [0.2, 0.25) is 5.91 Å². The van der Waals surface area contributed by atoms with Crippen LogP contribution in [0.4, 0.5) is 0 Å². The highest BCUT2D eigenvalue weighted by atomic mass is 16.3. The molecule has 2 aromatic rings. The van der Waals surface area contributed by atoms with Crippen LogP contribution in [0.15, 0.2) is 53.1 Å². The van der Waals surface area contributed by atoms with E-state index in [0.29, 0.717) is 13.0 Å². The normalized spacial score (nSPS) is 12.1. The van der Waals surface area contributed by atoms with Gasteiger partial charge in [-0.05, 0) is 30.5 Å². The molecule has 4 nitrogen and oxygen atoms in total. The van der Waals surface area contributed by atoms with Gasteiger partial charge in [-0.25, -0.2) is 0 Å². The molecule has 0 aliphatic heterocycles. The summed E-state index contributed by atoms with van der Waals surface area (Å²) in [4.78, 5) is 13.8. The number of nitrogens with zero attached hydrogens (tertiary/aromatic N) is 1. The fourth-order valence-electron chi connectivity index (χ4n) is 2.09. The number of aryl methyl sites for hydroxylation is 1. The molecule has 106 valence electrons. The number of furan rings is 1. The summed E-state index contributed by atoms with van der Waals surface area (Å²) in [6, 6.07) is 13.2. The largest absolute Gasteiger partial charge is 0.467 e. The number of amides is 1. The average molecular weight is 272 g/mol. The van der Waals surface area contributed by atoms with E-state index in [1.807, 2.05) is 42.5 Å². The van der Waals surface area contributed by atoms with Gasteiger partial charge in [0.25, 0.3) is 0 Å². The number of hydrogen-bond acceptors (Lipinski definition) is 3. The fourth-order valence-corrected chi connectivity index (χ4v) is 2.09. The molecule has 0 aliphatic carbocycles. The summed E-state index contributed by atoms with van der Waals surface area (Å²) >= 11 is 0. The average Bonchev–Trinajstić information content (AvgIpc) is 2.98. The molecule has 1 atom stereocenters. The van der Waals surface area contributed by atoms with E-state index in [0.717, 1.165) is 12.2 Å². The van der Waals surface area contributed by atoms with E-state index in [4.69, 9.17) is 10.2 Å². The summed E-state index contributed by atoms with van der Waals surface area (Å²) in [5, 5.41) is 0. The van der Waals surface area contributed by atoms with Gasteiger partial charge < -0.3 is 15.1 Å². The molecule has 0 spiro atoms. The van der Waals surface area contributed by atoms with Crippen molar-refractivity contribution in [3.63, 3.8) is 0 Å². The van der Waals surface area contributed by atoms with Crippen LogP contribution in [0.3, 0.4) is 0 Å². The number of nitrogens with two attached hydrogens (primary N) is 1. The van der Waals surface area contributed by atoms with Crippen LogP contribution in [0.25, 0.3) is 0 Å². The summed E-state index contributed by atoms with van der Waals surface area (Å²) in [5.74, 6) is 0.702. The Morgan fingerprint density at radius 3 is 2.65 bits per heavy atom. The van der Waals surface area contributed by atoms with Crippen molar-refractivity contribution in [2.24, 2.45) is 5.73 Å². The van der Waals surface area contributed by atoms with Crippen LogP contribution in [0.5, 0.6) is 0 Å². The lowest BCUT2D eigenvalue weighted by atomic mass is 10.1. The fraction of sp³-hybridized carbons (Fsp3) is 0.312. The predicted octanol–water partition coefficient (Wildman–Crippen LogP) is 2.20. The van der Waals surface area contributed by atoms with Crippen molar-refractivity contribution in [2.45, 2.75) is 25.4 Å². The first-order valence-electron chi connectivity index (χ1n) is 6.73. The van der Waals surface area contributed by atoms with Gasteiger partial charge in [0.05, 0.1) is 18.8 Å². The van der Waals surface area contributed by atoms with Gasteiger partial charge in [0.1, 0.15) is 5.76 Å². The Morgan fingerprint density at radius 2 is 2.00 bits per heavy atom. The highest BCUT2D eigenvalue weighted by molar-refractivity contribution is 5.81. The smallest absolute Gasteiger partial charge is 0.239 e. The van der Waals surface area contributed by atoms with Crippen molar-refractivity contribution in [2.75, 3.05) is 7.05 Å². The molecular formula is C16H20N2O2. The highest BCUT2D eigenvalue weighted by Crippen LogP contribution is 2.08. The molecule has 20 heavy (non-hydrogen) atoms. The topological polar surface area (TPSA) is 59.5 Å². The zero-order chi connectivity index (χ0) is 14.4. The molecule has 1 aromatic heterocycles. The molecule has 0 aliphatic rings. The third kappa shape index (κ3) is 3.96. The molecule has 0 fully saturated rings. The number of rotatable bonds is 6. The molecule has 4 heteroatoms. The first-order chi connectivity index (χ1) is 9.66. The number of hydrogen-bond donors (Lipinski definition) is 1. The minimum Gasteiger partial charge on any atom is -0.467 e. The van der Waals surface area contributed by atoms with E-state index in [-0.39, 0.29) is 5.91 Å². The van der Waals surface area contributed by atoms with E-state index < -0.39 is 6.04 Å². The van der Waals surface area contributed by atoms with E-state index in [1.165, 1.54) is 5.56 Å². The maximum atomic E-state index is 12.1. The van der Waals surface area contributed by atoms with Crippen LogP contribution in [-0.4, -0.2) is 23.9 Å². The second-order valence-corrected chi connectivity index (χ2v) is 4.90. The van der Waals surface area contributed by atoms with Gasteiger partial charge >= 0.3 is 0 Å². The van der Waals surface area contributed by atoms with E-state index in [9.17, 15) is 4.79 Å². The summed E-state index contributed by atoms with van der Waals surface area (Å²) in [6.45, 7) is 0.449. The number of carbonyl (C=O) groups is 1. The first kappa shape index (κ1) is 14.3. The highest BCUT2D eigenvalue weighted by Gasteiger charge is 2.18. The van der Waals surface area contributed by atoms with Crippen LogP contribution in [0.2, 0.25) is 0 Å². The van der Waals surface area contributed by atoms with Crippen LogP contribution < -0.4 is 5.73 Å². The molecule has 0 saturated carbocycles. The second kappa shape index (κ2) is 6.91. The first-order valence-corrected chi connectivity index (χ1v) is 6.73. The maximum absolute atomic E-state index is 12.1. The monoisotopic (exact) mass is 272 g/mol. The zero-order valence-electron chi connectivity index (χ0n) is 11.7. The Kier molecular flexibility index (Phi) is 4.96. The van der Waals surface area contributed by atoms with E-state index in [2.05, 4.69) is 0 Å². The third-order valence-electron chi connectivity index (χ3n) is 3.25. The Labute approximate surface area is 119 Å². The number of benzene rings is 1. The minimum absolute atomic E-state index is 0.0580. The van der Waals surface area contributed by atoms with Crippen molar-refractivity contribution in [3.05, 3.63) is 60.1 Å². The van der Waals surface area contributed by atoms with Crippen molar-refractivity contribution >= 4 is 5.91 Å². The van der Waals surface area contributed by atoms with Crippen LogP contribution in [0, 0.1) is 0 Å². The quantitative estimate of drug-likeness (QED) is 0.877. The zero-order valence-corrected chi connectivity index (χ0v) is 11.7. The lowest BCUT2D eigenvalue weighted by Crippen LogP contribution is -2.41. The van der Waals surface area contributed by atoms with Crippen LogP contribution in [0.1, 0.15) is 17.7 Å². The van der Waals surface area contributed by atoms with Crippen molar-refractivity contribution < 1.29 is 9.21 Å². The molecule has 2 N–H and O–H groups in total. The molecule has 1 heterocycles. The molecular weight excluding hydrogens is 252 g/mol. The standard InChI is InChI=1S/C16H20N2O2/c1-18(12-14-8-5-11-20-14)16(19)15(17)10-9-13-6-3-2-4-7-13/h2-8,11,15H,9-10,12,17H2,1H3. The molecule has 2 rings (SSSR count). The van der Waals surface area contributed by atoms with Gasteiger partial charge in [-0.2, -0.15) is 0 Å². The van der Waals surface area contributed by atoms with Gasteiger partial charge in [-0.15, -0.1) is 0 Å². The molecule has 0 radical (unpaired) electrons. The summed E-state index contributed by atoms with van der Waals surface area (Å²) in [6.07, 6.45) is 3.05. The minimum atomic E-state index is -0.477. The Bertz CT molecular complexity index is 523. The van der Waals surface area contributed by atoms with Gasteiger partial charge in [-0.3, -0.25) is 4.79 Å². The number of carbonyl (C=O) groups excluding carboxylic acids is 1. The van der Waals surface area contributed by atoms with Crippen molar-refractivity contribution in [1.29, 1.82) is 0 Å². The molecule has 1 aromatic carbocycles. The van der Waals surface area contributed by atoms with Crippen LogP contribution in [-0.2, 0) is 17.8 Å². The molecule has 1 amide bonds. The summed E-state index contributed by atoms with van der Waals surface area (Å²) < 4.78 is 5.23. The summed E-state index contributed by atoms with van der Waals surface area (Å²) in [5.41, 5.74) is 7.17. The third-order valence-corrected chi connectivity index (χ3v) is 3.25. The Morgan fingerprint density at radius 1 is 1.25 bits per heavy atom. The van der Waals surface area contributed by atoms with E-state index in [1.54, 1.807) is 18.2 Å². The Balaban J connectivity index is 1.82. The van der Waals surface area contributed by atoms with Gasteiger partial charge in [-0.1, -0.05) is 30.3 Å². The lowest BCUT2D eigenvalue weighted by Gasteiger charge is -2.20. The van der Waals surface area contributed by atoms with Crippen LogP contribution >= 0.6 is 0 Å². The molecule has 0 saturated heterocycles.